The molecule has 1 N–H and O–H groups in total. The van der Waals surface area contributed by atoms with E-state index in [-0.39, 0.29) is 12.5 Å². The molecule has 0 radical (unpaired) electrons. The van der Waals surface area contributed by atoms with Gasteiger partial charge in [-0.25, -0.2) is 4.98 Å². The topological polar surface area (TPSA) is 109 Å². The smallest absolute Gasteiger partial charge is 0.261 e. The number of thiazole rings is 1. The zero-order chi connectivity index (χ0) is 20.5. The van der Waals surface area contributed by atoms with Crippen LogP contribution >= 0.6 is 11.3 Å². The summed E-state index contributed by atoms with van der Waals surface area (Å²) in [7, 11) is 0. The molecule has 4 aromatic rings. The number of para-hydroxylation sites is 1. The van der Waals surface area contributed by atoms with Crippen LogP contribution in [0.4, 0.5) is 5.13 Å². The standard InChI is InChI=1S/C20H16N4O5S/c1-11-21-18(24-29-11)10-28-14-5-3-2-4-12(14)19(25)23-20-22-13-8-15-16(9-17(13)30-20)27-7-6-26-15/h2-5,8-9H,6-7,10H2,1H3,(H,22,23,25). The van der Waals surface area contributed by atoms with Crippen molar-refractivity contribution in [3.63, 3.8) is 0 Å². The summed E-state index contributed by atoms with van der Waals surface area (Å²) >= 11 is 1.36. The number of carbonyl (C=O) groups is 1. The van der Waals surface area contributed by atoms with Gasteiger partial charge in [0.1, 0.15) is 19.0 Å². The molecule has 0 saturated heterocycles. The second-order valence-corrected chi connectivity index (χ2v) is 7.48. The number of anilines is 1. The van der Waals surface area contributed by atoms with Crippen molar-refractivity contribution in [2.45, 2.75) is 13.5 Å². The largest absolute Gasteiger partial charge is 0.486 e. The van der Waals surface area contributed by atoms with Crippen LogP contribution in [0.3, 0.4) is 0 Å². The summed E-state index contributed by atoms with van der Waals surface area (Å²) in [5.74, 6) is 2.29. The van der Waals surface area contributed by atoms with Crippen molar-refractivity contribution < 1.29 is 23.5 Å². The minimum Gasteiger partial charge on any atom is -0.486 e. The van der Waals surface area contributed by atoms with Crippen LogP contribution in [0, 0.1) is 6.92 Å². The van der Waals surface area contributed by atoms with Crippen LogP contribution in [-0.4, -0.2) is 34.2 Å². The van der Waals surface area contributed by atoms with Crippen molar-refractivity contribution in [3.8, 4) is 17.2 Å². The van der Waals surface area contributed by atoms with E-state index >= 15 is 0 Å². The number of hydrogen-bond acceptors (Lipinski definition) is 9. The van der Waals surface area contributed by atoms with Gasteiger partial charge in [0.15, 0.2) is 23.2 Å². The monoisotopic (exact) mass is 424 g/mol. The quantitative estimate of drug-likeness (QED) is 0.518. The first kappa shape index (κ1) is 18.4. The van der Waals surface area contributed by atoms with Gasteiger partial charge in [0.2, 0.25) is 11.7 Å². The molecule has 30 heavy (non-hydrogen) atoms. The highest BCUT2D eigenvalue weighted by Crippen LogP contribution is 2.38. The van der Waals surface area contributed by atoms with E-state index in [1.165, 1.54) is 11.3 Å². The normalized spacial score (nSPS) is 12.7. The summed E-state index contributed by atoms with van der Waals surface area (Å²) in [4.78, 5) is 21.4. The summed E-state index contributed by atoms with van der Waals surface area (Å²) < 4.78 is 22.7. The maximum absolute atomic E-state index is 12.9. The van der Waals surface area contributed by atoms with Gasteiger partial charge < -0.3 is 18.7 Å². The average Bonchev–Trinajstić information content (AvgIpc) is 3.35. The van der Waals surface area contributed by atoms with Gasteiger partial charge in [0.25, 0.3) is 5.91 Å². The number of aryl methyl sites for hydroxylation is 1. The maximum atomic E-state index is 12.9. The molecule has 0 atom stereocenters. The molecule has 152 valence electrons. The van der Waals surface area contributed by atoms with E-state index in [9.17, 15) is 4.79 Å². The van der Waals surface area contributed by atoms with Gasteiger partial charge >= 0.3 is 0 Å². The number of nitrogens with one attached hydrogen (secondary N) is 1. The van der Waals surface area contributed by atoms with E-state index in [0.717, 1.165) is 10.2 Å². The molecular formula is C20H16N4O5S. The molecule has 1 amide bonds. The zero-order valence-corrected chi connectivity index (χ0v) is 16.7. The molecular weight excluding hydrogens is 408 g/mol. The minimum absolute atomic E-state index is 0.0916. The maximum Gasteiger partial charge on any atom is 0.261 e. The van der Waals surface area contributed by atoms with Crippen molar-refractivity contribution in [2.24, 2.45) is 0 Å². The Morgan fingerprint density at radius 3 is 2.77 bits per heavy atom. The van der Waals surface area contributed by atoms with Crippen molar-refractivity contribution in [1.82, 2.24) is 15.1 Å². The second-order valence-electron chi connectivity index (χ2n) is 6.45. The van der Waals surface area contributed by atoms with Crippen LogP contribution in [0.15, 0.2) is 40.9 Å². The average molecular weight is 424 g/mol. The Morgan fingerprint density at radius 1 is 1.17 bits per heavy atom. The predicted molar refractivity (Wildman–Crippen MR) is 108 cm³/mol. The molecule has 0 unspecified atom stereocenters. The van der Waals surface area contributed by atoms with Crippen LogP contribution < -0.4 is 19.5 Å². The molecule has 0 bridgehead atoms. The third-order valence-corrected chi connectivity index (χ3v) is 5.26. The highest BCUT2D eigenvalue weighted by molar-refractivity contribution is 7.22. The van der Waals surface area contributed by atoms with Gasteiger partial charge in [-0.3, -0.25) is 10.1 Å². The van der Waals surface area contributed by atoms with E-state index in [1.54, 1.807) is 31.2 Å². The molecule has 3 heterocycles. The fraction of sp³-hybridized carbons (Fsp3) is 0.200. The van der Waals surface area contributed by atoms with E-state index in [2.05, 4.69) is 20.4 Å². The third-order valence-electron chi connectivity index (χ3n) is 4.33. The van der Waals surface area contributed by atoms with Crippen LogP contribution in [0.25, 0.3) is 10.2 Å². The molecule has 1 aliphatic heterocycles. The fourth-order valence-electron chi connectivity index (χ4n) is 3.01. The number of fused-ring (bicyclic) bond motifs is 2. The first-order valence-corrected chi connectivity index (χ1v) is 10.00. The summed E-state index contributed by atoms with van der Waals surface area (Å²) in [6.45, 7) is 2.81. The van der Waals surface area contributed by atoms with Crippen LogP contribution in [0.5, 0.6) is 17.2 Å². The van der Waals surface area contributed by atoms with Gasteiger partial charge in [-0.05, 0) is 12.1 Å². The molecule has 0 aliphatic carbocycles. The van der Waals surface area contributed by atoms with E-state index < -0.39 is 0 Å². The lowest BCUT2D eigenvalue weighted by Gasteiger charge is -2.17. The molecule has 0 saturated carbocycles. The van der Waals surface area contributed by atoms with E-state index in [1.807, 2.05) is 12.1 Å². The van der Waals surface area contributed by atoms with E-state index in [0.29, 0.717) is 52.9 Å². The first-order valence-electron chi connectivity index (χ1n) is 9.18. The number of nitrogens with zero attached hydrogens (tertiary/aromatic N) is 3. The number of amides is 1. The lowest BCUT2D eigenvalue weighted by molar-refractivity contribution is 0.102. The summed E-state index contributed by atoms with van der Waals surface area (Å²) in [5, 5.41) is 7.10. The Morgan fingerprint density at radius 2 is 1.97 bits per heavy atom. The van der Waals surface area contributed by atoms with Gasteiger partial charge in [-0.1, -0.05) is 28.6 Å². The minimum atomic E-state index is -0.328. The van der Waals surface area contributed by atoms with Crippen LogP contribution in [-0.2, 0) is 6.61 Å². The van der Waals surface area contributed by atoms with Crippen molar-refractivity contribution >= 4 is 32.6 Å². The number of hydrogen-bond donors (Lipinski definition) is 1. The predicted octanol–water partition coefficient (Wildman–Crippen LogP) is 3.59. The Hall–Kier alpha value is -3.66. The SMILES string of the molecule is Cc1nc(COc2ccccc2C(=O)Nc2nc3cc4c(cc3s2)OCCO4)no1. The van der Waals surface area contributed by atoms with Crippen molar-refractivity contribution in [2.75, 3.05) is 18.5 Å². The molecule has 0 spiro atoms. The number of benzene rings is 2. The Labute approximate surface area is 174 Å². The van der Waals surface area contributed by atoms with Crippen LogP contribution in [0.2, 0.25) is 0 Å². The highest BCUT2D eigenvalue weighted by atomic mass is 32.1. The number of ether oxygens (including phenoxy) is 3. The molecule has 9 nitrogen and oxygen atoms in total. The fourth-order valence-corrected chi connectivity index (χ4v) is 3.88. The first-order chi connectivity index (χ1) is 14.7. The molecule has 2 aromatic heterocycles. The lowest BCUT2D eigenvalue weighted by Crippen LogP contribution is -2.15. The van der Waals surface area contributed by atoms with E-state index in [4.69, 9.17) is 18.7 Å². The lowest BCUT2D eigenvalue weighted by atomic mass is 10.2. The van der Waals surface area contributed by atoms with Crippen LogP contribution in [0.1, 0.15) is 22.1 Å². The second kappa shape index (κ2) is 7.64. The summed E-state index contributed by atoms with van der Waals surface area (Å²) in [6.07, 6.45) is 0. The molecule has 2 aromatic carbocycles. The molecule has 5 rings (SSSR count). The zero-order valence-electron chi connectivity index (χ0n) is 15.9. The Kier molecular flexibility index (Phi) is 4.68. The Balaban J connectivity index is 1.35. The third kappa shape index (κ3) is 3.64. The van der Waals surface area contributed by atoms with Crippen molar-refractivity contribution in [3.05, 3.63) is 53.7 Å². The molecule has 0 fully saturated rings. The molecule has 10 heteroatoms. The van der Waals surface area contributed by atoms with Gasteiger partial charge in [0, 0.05) is 19.1 Å². The van der Waals surface area contributed by atoms with Gasteiger partial charge in [-0.2, -0.15) is 4.98 Å². The molecule has 1 aliphatic rings. The summed E-state index contributed by atoms with van der Waals surface area (Å²) in [5.41, 5.74) is 1.11. The number of aromatic nitrogens is 3. The Bertz CT molecular complexity index is 1190. The van der Waals surface area contributed by atoms with Gasteiger partial charge in [-0.15, -0.1) is 0 Å². The number of carbonyl (C=O) groups excluding carboxylic acids is 1. The van der Waals surface area contributed by atoms with Gasteiger partial charge in [0.05, 0.1) is 15.8 Å². The number of rotatable bonds is 5. The highest BCUT2D eigenvalue weighted by Gasteiger charge is 2.18. The summed E-state index contributed by atoms with van der Waals surface area (Å²) in [6, 6.07) is 10.6. The van der Waals surface area contributed by atoms with Crippen molar-refractivity contribution in [1.29, 1.82) is 0 Å².